The van der Waals surface area contributed by atoms with Gasteiger partial charge in [0.1, 0.15) is 6.33 Å². The second-order valence-electron chi connectivity index (χ2n) is 5.76. The van der Waals surface area contributed by atoms with Gasteiger partial charge in [-0.2, -0.15) is 0 Å². The molecule has 0 saturated heterocycles. The lowest BCUT2D eigenvalue weighted by atomic mass is 10.1. The van der Waals surface area contributed by atoms with Crippen molar-refractivity contribution in [2.24, 2.45) is 0 Å². The average Bonchev–Trinajstić information content (AvgIpc) is 3.16. The Kier molecular flexibility index (Phi) is 6.22. The van der Waals surface area contributed by atoms with E-state index in [-0.39, 0.29) is 11.8 Å². The molecule has 0 unspecified atom stereocenters. The summed E-state index contributed by atoms with van der Waals surface area (Å²) in [4.78, 5) is 23.9. The first-order valence-corrected chi connectivity index (χ1v) is 9.35. The van der Waals surface area contributed by atoms with Gasteiger partial charge >= 0.3 is 6.03 Å². The molecule has 0 saturated carbocycles. The zero-order valence-corrected chi connectivity index (χ0v) is 15.5. The lowest BCUT2D eigenvalue weighted by molar-refractivity contribution is -0.117. The van der Waals surface area contributed by atoms with Crippen LogP contribution in [0.25, 0.3) is 0 Å². The van der Waals surface area contributed by atoms with Crippen molar-refractivity contribution in [3.05, 3.63) is 72.6 Å². The minimum Gasteiger partial charge on any atom is -0.308 e. The van der Waals surface area contributed by atoms with Gasteiger partial charge in [0, 0.05) is 5.69 Å². The van der Waals surface area contributed by atoms with Gasteiger partial charge in [-0.1, -0.05) is 60.3 Å². The summed E-state index contributed by atoms with van der Waals surface area (Å²) in [6, 6.07) is 18.4. The molecule has 1 heterocycles. The minimum atomic E-state index is -0.564. The van der Waals surface area contributed by atoms with Gasteiger partial charge < -0.3 is 9.88 Å². The largest absolute Gasteiger partial charge is 0.325 e. The lowest BCUT2D eigenvalue weighted by Crippen LogP contribution is -2.35. The quantitative estimate of drug-likeness (QED) is 0.640. The van der Waals surface area contributed by atoms with Crippen LogP contribution in [0.1, 0.15) is 18.5 Å². The molecule has 3 rings (SSSR count). The summed E-state index contributed by atoms with van der Waals surface area (Å²) in [5.74, 6) is -0.349. The molecule has 2 N–H and O–H groups in total. The Balaban J connectivity index is 1.54. The van der Waals surface area contributed by atoms with E-state index in [1.807, 2.05) is 47.9 Å². The highest BCUT2D eigenvalue weighted by atomic mass is 32.2. The summed E-state index contributed by atoms with van der Waals surface area (Å²) in [7, 11) is 0. The van der Waals surface area contributed by atoms with E-state index >= 15 is 0 Å². The first kappa shape index (κ1) is 18.7. The maximum absolute atomic E-state index is 12.0. The van der Waals surface area contributed by atoms with Crippen LogP contribution in [0.4, 0.5) is 10.5 Å². The van der Waals surface area contributed by atoms with E-state index in [1.165, 1.54) is 11.8 Å². The van der Waals surface area contributed by atoms with Crippen LogP contribution in [-0.4, -0.2) is 32.5 Å². The van der Waals surface area contributed by atoms with Crippen LogP contribution in [-0.2, 0) is 4.79 Å². The number of thioether (sulfide) groups is 1. The van der Waals surface area contributed by atoms with Crippen molar-refractivity contribution in [1.82, 2.24) is 20.1 Å². The number of imide groups is 1. The van der Waals surface area contributed by atoms with E-state index in [9.17, 15) is 9.59 Å². The number of aromatic nitrogens is 3. The van der Waals surface area contributed by atoms with Crippen LogP contribution in [0.5, 0.6) is 0 Å². The zero-order valence-electron chi connectivity index (χ0n) is 14.7. The van der Waals surface area contributed by atoms with Crippen molar-refractivity contribution in [1.29, 1.82) is 0 Å². The number of amides is 3. The van der Waals surface area contributed by atoms with Crippen LogP contribution in [0.15, 0.2) is 72.1 Å². The van der Waals surface area contributed by atoms with E-state index in [1.54, 1.807) is 30.6 Å². The monoisotopic (exact) mass is 381 g/mol. The Morgan fingerprint density at radius 3 is 2.44 bits per heavy atom. The smallest absolute Gasteiger partial charge is 0.308 e. The van der Waals surface area contributed by atoms with Crippen LogP contribution in [0, 0.1) is 0 Å². The number of nitrogens with zero attached hydrogens (tertiary/aromatic N) is 3. The Hall–Kier alpha value is -3.13. The molecule has 0 radical (unpaired) electrons. The number of hydrogen-bond donors (Lipinski definition) is 2. The fourth-order valence-corrected chi connectivity index (χ4v) is 3.26. The third-order valence-corrected chi connectivity index (χ3v) is 4.81. The van der Waals surface area contributed by atoms with E-state index in [0.717, 1.165) is 5.56 Å². The molecule has 0 aliphatic heterocycles. The second-order valence-corrected chi connectivity index (χ2v) is 6.71. The Morgan fingerprint density at radius 2 is 1.74 bits per heavy atom. The number of hydrogen-bond acceptors (Lipinski definition) is 5. The minimum absolute atomic E-state index is 0.0353. The topological polar surface area (TPSA) is 88.9 Å². The molecule has 138 valence electrons. The molecule has 0 aliphatic rings. The number of carbonyl (C=O) groups excluding carboxylic acids is 2. The zero-order chi connectivity index (χ0) is 19.1. The normalized spacial score (nSPS) is 11.6. The van der Waals surface area contributed by atoms with Gasteiger partial charge in [-0.3, -0.25) is 10.1 Å². The Morgan fingerprint density at radius 1 is 1.07 bits per heavy atom. The summed E-state index contributed by atoms with van der Waals surface area (Å²) in [6.45, 7) is 2.04. The van der Waals surface area contributed by atoms with Crippen molar-refractivity contribution < 1.29 is 9.59 Å². The summed E-state index contributed by atoms with van der Waals surface area (Å²) in [6.07, 6.45) is 1.64. The van der Waals surface area contributed by atoms with Gasteiger partial charge in [0.2, 0.25) is 5.91 Å². The fraction of sp³-hybridized carbons (Fsp3) is 0.158. The molecule has 8 heteroatoms. The number of para-hydroxylation sites is 1. The van der Waals surface area contributed by atoms with E-state index < -0.39 is 11.9 Å². The molecule has 0 spiro atoms. The number of anilines is 1. The van der Waals surface area contributed by atoms with E-state index in [2.05, 4.69) is 20.8 Å². The standard InChI is InChI=1S/C19H19N5O2S/c1-14(15-8-4-2-5-9-15)24-13-20-23-19(24)27-12-17(25)22-18(26)21-16-10-6-3-7-11-16/h2-11,13-14H,12H2,1H3,(H2,21,22,25,26)/t14-/m1/s1. The molecule has 0 fully saturated rings. The van der Waals surface area contributed by atoms with Gasteiger partial charge in [-0.25, -0.2) is 4.79 Å². The van der Waals surface area contributed by atoms with Gasteiger partial charge in [0.25, 0.3) is 0 Å². The maximum Gasteiger partial charge on any atom is 0.325 e. The number of carbonyl (C=O) groups is 2. The van der Waals surface area contributed by atoms with Crippen molar-refractivity contribution in [3.63, 3.8) is 0 Å². The number of urea groups is 1. The summed E-state index contributed by atoms with van der Waals surface area (Å²) >= 11 is 1.23. The number of rotatable bonds is 6. The summed E-state index contributed by atoms with van der Waals surface area (Å²) in [5.41, 5.74) is 1.73. The molecule has 2 aromatic carbocycles. The van der Waals surface area contributed by atoms with Crippen molar-refractivity contribution in [3.8, 4) is 0 Å². The van der Waals surface area contributed by atoms with E-state index in [0.29, 0.717) is 10.8 Å². The Bertz CT molecular complexity index is 899. The second kappa shape index (κ2) is 9.00. The highest BCUT2D eigenvalue weighted by Crippen LogP contribution is 2.23. The van der Waals surface area contributed by atoms with Gasteiger partial charge in [-0.05, 0) is 24.6 Å². The predicted octanol–water partition coefficient (Wildman–Crippen LogP) is 3.33. The molecule has 0 aliphatic carbocycles. The van der Waals surface area contributed by atoms with Crippen molar-refractivity contribution in [2.75, 3.05) is 11.1 Å². The van der Waals surface area contributed by atoms with Gasteiger partial charge in [-0.15, -0.1) is 10.2 Å². The van der Waals surface area contributed by atoms with E-state index in [4.69, 9.17) is 0 Å². The summed E-state index contributed by atoms with van der Waals surface area (Å²) in [5, 5.41) is 13.5. The molecule has 1 aromatic heterocycles. The summed E-state index contributed by atoms with van der Waals surface area (Å²) < 4.78 is 1.90. The maximum atomic E-state index is 12.0. The molecule has 3 aromatic rings. The van der Waals surface area contributed by atoms with Gasteiger partial charge in [0.15, 0.2) is 5.16 Å². The van der Waals surface area contributed by atoms with Crippen LogP contribution >= 0.6 is 11.8 Å². The first-order valence-electron chi connectivity index (χ1n) is 8.36. The molecular formula is C19H19N5O2S. The number of nitrogens with one attached hydrogen (secondary N) is 2. The third-order valence-electron chi connectivity index (χ3n) is 3.86. The highest BCUT2D eigenvalue weighted by Gasteiger charge is 2.15. The number of benzene rings is 2. The highest BCUT2D eigenvalue weighted by molar-refractivity contribution is 7.99. The Labute approximate surface area is 161 Å². The molecule has 7 nitrogen and oxygen atoms in total. The molecular weight excluding hydrogens is 362 g/mol. The first-order chi connectivity index (χ1) is 13.1. The molecule has 0 bridgehead atoms. The predicted molar refractivity (Wildman–Crippen MR) is 105 cm³/mol. The van der Waals surface area contributed by atoms with Crippen LogP contribution in [0.2, 0.25) is 0 Å². The van der Waals surface area contributed by atoms with Gasteiger partial charge in [0.05, 0.1) is 11.8 Å². The van der Waals surface area contributed by atoms with Crippen LogP contribution < -0.4 is 10.6 Å². The molecule has 27 heavy (non-hydrogen) atoms. The molecule has 3 amide bonds. The SMILES string of the molecule is C[C@H](c1ccccc1)n1cnnc1SCC(=O)NC(=O)Nc1ccccc1. The third kappa shape index (κ3) is 5.18. The molecule has 1 atom stereocenters. The van der Waals surface area contributed by atoms with Crippen LogP contribution in [0.3, 0.4) is 0 Å². The van der Waals surface area contributed by atoms with Crippen molar-refractivity contribution in [2.45, 2.75) is 18.1 Å². The van der Waals surface area contributed by atoms with Crippen molar-refractivity contribution >= 4 is 29.4 Å². The fourth-order valence-electron chi connectivity index (χ4n) is 2.47. The lowest BCUT2D eigenvalue weighted by Gasteiger charge is -2.15. The average molecular weight is 381 g/mol.